The Morgan fingerprint density at radius 3 is 2.46 bits per heavy atom. The molecule has 1 aliphatic rings. The molecule has 2 aromatic carbocycles. The quantitative estimate of drug-likeness (QED) is 0.328. The summed E-state index contributed by atoms with van der Waals surface area (Å²) < 4.78 is 44.8. The first kappa shape index (κ1) is 28.2. The summed E-state index contributed by atoms with van der Waals surface area (Å²) in [6, 6.07) is 11.6. The van der Waals surface area contributed by atoms with E-state index in [9.17, 15) is 27.9 Å². The second-order valence-corrected chi connectivity index (χ2v) is 10.1. The molecule has 0 bridgehead atoms. The molecular weight excluding hydrogens is 511 g/mol. The summed E-state index contributed by atoms with van der Waals surface area (Å²) in [6.45, 7) is 6.18. The van der Waals surface area contributed by atoms with Crippen LogP contribution in [0.2, 0.25) is 0 Å². The minimum absolute atomic E-state index is 0.164. The van der Waals surface area contributed by atoms with Gasteiger partial charge in [-0.05, 0) is 81.0 Å². The smallest absolute Gasteiger partial charge is 0.389 e. The number of halogens is 3. The van der Waals surface area contributed by atoms with Crippen molar-refractivity contribution in [2.75, 3.05) is 18.4 Å². The Morgan fingerprint density at radius 2 is 1.87 bits per heavy atom. The van der Waals surface area contributed by atoms with Crippen LogP contribution in [0, 0.1) is 26.7 Å². The minimum Gasteiger partial charge on any atom is -0.481 e. The van der Waals surface area contributed by atoms with Gasteiger partial charge in [0.05, 0.1) is 17.7 Å². The van der Waals surface area contributed by atoms with Gasteiger partial charge in [-0.15, -0.1) is 0 Å². The number of carboxylic acids is 1. The van der Waals surface area contributed by atoms with E-state index in [2.05, 4.69) is 10.5 Å². The number of aromatic nitrogens is 1. The fraction of sp³-hybridized carbons (Fsp3) is 0.414. The summed E-state index contributed by atoms with van der Waals surface area (Å²) in [7, 11) is 0. The number of aliphatic carboxylic acids is 1. The number of anilines is 1. The van der Waals surface area contributed by atoms with Crippen molar-refractivity contribution in [3.8, 4) is 11.1 Å². The molecule has 1 unspecified atom stereocenters. The molecule has 3 aromatic rings. The molecule has 0 saturated carbocycles. The minimum atomic E-state index is -4.30. The maximum Gasteiger partial charge on any atom is 0.389 e. The van der Waals surface area contributed by atoms with Crippen LogP contribution in [-0.4, -0.2) is 46.3 Å². The highest BCUT2D eigenvalue weighted by Gasteiger charge is 2.30. The number of alkyl halides is 3. The number of amides is 1. The summed E-state index contributed by atoms with van der Waals surface area (Å²) in [5.74, 6) is -1.08. The number of piperidine rings is 1. The van der Waals surface area contributed by atoms with Gasteiger partial charge in [0.25, 0.3) is 5.91 Å². The van der Waals surface area contributed by atoms with Crippen LogP contribution in [0.1, 0.15) is 64.7 Å². The fourth-order valence-corrected chi connectivity index (χ4v) is 5.19. The van der Waals surface area contributed by atoms with Crippen molar-refractivity contribution < 1.29 is 32.4 Å². The van der Waals surface area contributed by atoms with Crippen molar-refractivity contribution in [1.29, 1.82) is 0 Å². The van der Waals surface area contributed by atoms with Gasteiger partial charge < -0.3 is 19.8 Å². The summed E-state index contributed by atoms with van der Waals surface area (Å²) in [5.41, 5.74) is 5.04. The topological polar surface area (TPSA) is 95.7 Å². The fourth-order valence-electron chi connectivity index (χ4n) is 5.19. The normalized spacial score (nSPS) is 16.7. The summed E-state index contributed by atoms with van der Waals surface area (Å²) in [4.78, 5) is 25.8. The highest BCUT2D eigenvalue weighted by Crippen LogP contribution is 2.35. The van der Waals surface area contributed by atoms with Gasteiger partial charge in [-0.3, -0.25) is 9.59 Å². The van der Waals surface area contributed by atoms with Gasteiger partial charge in [0.15, 0.2) is 0 Å². The predicted octanol–water partition coefficient (Wildman–Crippen LogP) is 6.70. The van der Waals surface area contributed by atoms with Gasteiger partial charge in [0.1, 0.15) is 5.76 Å². The van der Waals surface area contributed by atoms with Crippen molar-refractivity contribution in [3.05, 3.63) is 70.6 Å². The third-order valence-electron chi connectivity index (χ3n) is 7.21. The number of nitrogens with one attached hydrogen (secondary N) is 1. The molecule has 1 aliphatic heterocycles. The summed E-state index contributed by atoms with van der Waals surface area (Å²) in [6.07, 6.45) is -4.26. The number of likely N-dealkylation sites (tertiary alicyclic amines) is 1. The summed E-state index contributed by atoms with van der Waals surface area (Å²) in [5, 5.41) is 16.5. The van der Waals surface area contributed by atoms with Crippen molar-refractivity contribution in [2.24, 2.45) is 5.92 Å². The van der Waals surface area contributed by atoms with Crippen LogP contribution in [0.5, 0.6) is 0 Å². The second kappa shape index (κ2) is 11.5. The average molecular weight is 544 g/mol. The lowest BCUT2D eigenvalue weighted by molar-refractivity contribution is -0.143. The van der Waals surface area contributed by atoms with Crippen LogP contribution in [0.4, 0.5) is 18.9 Å². The summed E-state index contributed by atoms with van der Waals surface area (Å²) >= 11 is 0. The maximum absolute atomic E-state index is 13.2. The second-order valence-electron chi connectivity index (χ2n) is 10.1. The van der Waals surface area contributed by atoms with Crippen LogP contribution >= 0.6 is 0 Å². The first-order valence-electron chi connectivity index (χ1n) is 12.9. The molecule has 39 heavy (non-hydrogen) atoms. The van der Waals surface area contributed by atoms with E-state index in [4.69, 9.17) is 4.52 Å². The lowest BCUT2D eigenvalue weighted by Crippen LogP contribution is -2.42. The molecule has 7 nitrogen and oxygen atoms in total. The van der Waals surface area contributed by atoms with Gasteiger partial charge in [-0.1, -0.05) is 23.4 Å². The lowest BCUT2D eigenvalue weighted by Gasteiger charge is -2.30. The third kappa shape index (κ3) is 6.79. The van der Waals surface area contributed by atoms with Gasteiger partial charge in [0.2, 0.25) is 0 Å². The number of carbonyl (C=O) groups is 2. The first-order chi connectivity index (χ1) is 18.4. The number of hydrogen-bond donors (Lipinski definition) is 2. The third-order valence-corrected chi connectivity index (χ3v) is 7.21. The van der Waals surface area contributed by atoms with Gasteiger partial charge in [-0.25, -0.2) is 0 Å². The monoisotopic (exact) mass is 543 g/mol. The molecule has 10 heteroatoms. The highest BCUT2D eigenvalue weighted by molar-refractivity contribution is 5.95. The first-order valence-corrected chi connectivity index (χ1v) is 12.9. The lowest BCUT2D eigenvalue weighted by atomic mass is 9.93. The van der Waals surface area contributed by atoms with Crippen LogP contribution in [0.25, 0.3) is 11.1 Å². The molecule has 1 fully saturated rings. The Balaban J connectivity index is 1.54. The van der Waals surface area contributed by atoms with E-state index in [-0.39, 0.29) is 18.9 Å². The van der Waals surface area contributed by atoms with E-state index in [0.29, 0.717) is 36.4 Å². The Labute approximate surface area is 225 Å². The number of benzene rings is 2. The molecule has 0 radical (unpaired) electrons. The maximum atomic E-state index is 13.2. The molecule has 208 valence electrons. The van der Waals surface area contributed by atoms with Crippen LogP contribution in [0.3, 0.4) is 0 Å². The van der Waals surface area contributed by atoms with Crippen molar-refractivity contribution in [3.63, 3.8) is 0 Å². The van der Waals surface area contributed by atoms with Crippen LogP contribution in [-0.2, 0) is 4.79 Å². The Hall–Kier alpha value is -3.82. The zero-order valence-corrected chi connectivity index (χ0v) is 22.1. The van der Waals surface area contributed by atoms with Gasteiger partial charge in [-0.2, -0.15) is 13.2 Å². The number of rotatable bonds is 8. The van der Waals surface area contributed by atoms with Crippen molar-refractivity contribution in [1.82, 2.24) is 10.1 Å². The van der Waals surface area contributed by atoms with Crippen LogP contribution in [0.15, 0.2) is 47.0 Å². The largest absolute Gasteiger partial charge is 0.481 e. The van der Waals surface area contributed by atoms with E-state index in [1.807, 2.05) is 39.0 Å². The van der Waals surface area contributed by atoms with E-state index >= 15 is 0 Å². The standard InChI is InChI=1S/C29H32F3N3O4/c1-17-15-21(26-18(2)34-39-19(26)3)8-11-24(17)25(12-13-29(30,31)32)33-23-9-6-20(7-10-23)27(36)35-14-4-5-22(16-35)28(37)38/h6-11,15,22,25,33H,4-5,12-14,16H2,1-3H3,(H,37,38)/t22-,25?/m1/s1. The Morgan fingerprint density at radius 1 is 1.15 bits per heavy atom. The molecule has 0 spiro atoms. The predicted molar refractivity (Wildman–Crippen MR) is 141 cm³/mol. The van der Waals surface area contributed by atoms with E-state index in [1.165, 1.54) is 0 Å². The zero-order chi connectivity index (χ0) is 28.3. The number of hydrogen-bond acceptors (Lipinski definition) is 5. The molecule has 1 amide bonds. The zero-order valence-electron chi connectivity index (χ0n) is 22.1. The molecule has 2 N–H and O–H groups in total. The molecule has 1 saturated heterocycles. The van der Waals surface area contributed by atoms with Crippen molar-refractivity contribution in [2.45, 2.75) is 58.7 Å². The van der Waals surface area contributed by atoms with Gasteiger partial charge in [0, 0.05) is 36.3 Å². The highest BCUT2D eigenvalue weighted by atomic mass is 19.4. The van der Waals surface area contributed by atoms with E-state index in [0.717, 1.165) is 27.9 Å². The number of aryl methyl sites for hydroxylation is 3. The molecule has 1 aromatic heterocycles. The Kier molecular flexibility index (Phi) is 8.32. The number of carbonyl (C=O) groups excluding carboxylic acids is 1. The van der Waals surface area contributed by atoms with Crippen LogP contribution < -0.4 is 5.32 Å². The molecule has 2 heterocycles. The van der Waals surface area contributed by atoms with E-state index < -0.39 is 30.5 Å². The molecule has 2 atom stereocenters. The molecule has 4 rings (SSSR count). The van der Waals surface area contributed by atoms with E-state index in [1.54, 1.807) is 29.2 Å². The molecular formula is C29H32F3N3O4. The molecule has 0 aliphatic carbocycles. The SMILES string of the molecule is Cc1cc(-c2c(C)noc2C)ccc1C(CCC(F)(F)F)Nc1ccc(C(=O)N2CCC[C@@H](C(=O)O)C2)cc1. The van der Waals surface area contributed by atoms with Crippen molar-refractivity contribution >= 4 is 17.6 Å². The number of carboxylic acid groups (broad SMARTS) is 1. The average Bonchev–Trinajstić information content (AvgIpc) is 3.23. The number of nitrogens with zero attached hydrogens (tertiary/aromatic N) is 2. The van der Waals surface area contributed by atoms with Gasteiger partial charge >= 0.3 is 12.1 Å². The Bertz CT molecular complexity index is 1320.